The van der Waals surface area contributed by atoms with Crippen molar-refractivity contribution in [2.75, 3.05) is 16.8 Å². The van der Waals surface area contributed by atoms with Crippen LogP contribution in [0.3, 0.4) is 0 Å². The SMILES string of the molecule is Cc1cccc(C2c3cccn3-c3ccccc3N2C(=O)CN(C(=O)Nc2c(Cl)cccc2Cl)C2CC2)c1. The molecule has 1 aliphatic carbocycles. The Hall–Kier alpha value is -3.74. The van der Waals surface area contributed by atoms with Crippen molar-refractivity contribution in [2.45, 2.75) is 31.8 Å². The summed E-state index contributed by atoms with van der Waals surface area (Å²) in [6.45, 7) is 1.97. The van der Waals surface area contributed by atoms with Gasteiger partial charge in [-0.05, 0) is 61.7 Å². The molecule has 0 spiro atoms. The number of aryl methyl sites for hydroxylation is 1. The number of hydrogen-bond acceptors (Lipinski definition) is 2. The molecule has 6 nitrogen and oxygen atoms in total. The topological polar surface area (TPSA) is 57.6 Å². The molecular weight excluding hydrogens is 519 g/mol. The fourth-order valence-electron chi connectivity index (χ4n) is 5.19. The van der Waals surface area contributed by atoms with Crippen LogP contribution >= 0.6 is 23.2 Å². The average Bonchev–Trinajstić information content (AvgIpc) is 3.63. The number of para-hydroxylation sites is 3. The van der Waals surface area contributed by atoms with Crippen molar-refractivity contribution in [1.29, 1.82) is 0 Å². The predicted octanol–water partition coefficient (Wildman–Crippen LogP) is 7.23. The Kier molecular flexibility index (Phi) is 6.38. The summed E-state index contributed by atoms with van der Waals surface area (Å²) in [4.78, 5) is 31.1. The smallest absolute Gasteiger partial charge is 0.316 e. The maximum Gasteiger partial charge on any atom is 0.322 e. The van der Waals surface area contributed by atoms with Gasteiger partial charge in [-0.15, -0.1) is 0 Å². The monoisotopic (exact) mass is 544 g/mol. The lowest BCUT2D eigenvalue weighted by atomic mass is 9.96. The largest absolute Gasteiger partial charge is 0.322 e. The van der Waals surface area contributed by atoms with Crippen LogP contribution in [0, 0.1) is 6.92 Å². The predicted molar refractivity (Wildman–Crippen MR) is 151 cm³/mol. The molecule has 2 aliphatic rings. The van der Waals surface area contributed by atoms with Crippen LogP contribution in [-0.4, -0.2) is 34.0 Å². The minimum atomic E-state index is -0.392. The van der Waals surface area contributed by atoms with Crippen LogP contribution in [0.2, 0.25) is 10.0 Å². The fraction of sp³-hybridized carbons (Fsp3) is 0.200. The van der Waals surface area contributed by atoms with Gasteiger partial charge in [-0.2, -0.15) is 0 Å². The van der Waals surface area contributed by atoms with Crippen LogP contribution in [-0.2, 0) is 4.79 Å². The Morgan fingerprint density at radius 1 is 0.921 bits per heavy atom. The van der Waals surface area contributed by atoms with Crippen LogP contribution in [0.4, 0.5) is 16.2 Å². The van der Waals surface area contributed by atoms with E-state index < -0.39 is 6.03 Å². The van der Waals surface area contributed by atoms with E-state index in [0.29, 0.717) is 15.7 Å². The number of urea groups is 1. The number of fused-ring (bicyclic) bond motifs is 3. The van der Waals surface area contributed by atoms with E-state index in [-0.39, 0.29) is 24.5 Å². The van der Waals surface area contributed by atoms with Gasteiger partial charge in [0.05, 0.1) is 32.8 Å². The second kappa shape index (κ2) is 9.86. The standard InChI is InChI=1S/C30H26Cl2N4O2/c1-19-7-4-8-20(17-19)29-26-13-6-16-34(26)24-11-2-3-12-25(24)36(29)27(37)18-35(21-14-15-21)30(38)33-28-22(31)9-5-10-23(28)32/h2-13,16-17,21,29H,14-15,18H2,1H3,(H,33,38). The minimum absolute atomic E-state index is 0.0125. The van der Waals surface area contributed by atoms with Crippen molar-refractivity contribution < 1.29 is 9.59 Å². The molecule has 1 unspecified atom stereocenters. The molecule has 192 valence electrons. The number of carbonyl (C=O) groups is 2. The number of hydrogen-bond donors (Lipinski definition) is 1. The normalized spacial score (nSPS) is 16.0. The summed E-state index contributed by atoms with van der Waals surface area (Å²) in [6.07, 6.45) is 3.71. The molecule has 3 aromatic carbocycles. The van der Waals surface area contributed by atoms with Crippen molar-refractivity contribution in [2.24, 2.45) is 0 Å². The molecule has 1 aromatic heterocycles. The highest BCUT2D eigenvalue weighted by molar-refractivity contribution is 6.39. The van der Waals surface area contributed by atoms with Crippen molar-refractivity contribution in [3.63, 3.8) is 0 Å². The van der Waals surface area contributed by atoms with Gasteiger partial charge in [-0.25, -0.2) is 4.79 Å². The number of nitrogens with zero attached hydrogens (tertiary/aromatic N) is 3. The lowest BCUT2D eigenvalue weighted by molar-refractivity contribution is -0.119. The molecule has 8 heteroatoms. The zero-order chi connectivity index (χ0) is 26.4. The first kappa shape index (κ1) is 24.6. The molecule has 38 heavy (non-hydrogen) atoms. The molecule has 1 fully saturated rings. The first-order chi connectivity index (χ1) is 18.4. The highest BCUT2D eigenvalue weighted by Gasteiger charge is 2.40. The molecule has 3 amide bonds. The Morgan fingerprint density at radius 3 is 2.34 bits per heavy atom. The van der Waals surface area contributed by atoms with Gasteiger partial charge in [0.15, 0.2) is 0 Å². The van der Waals surface area contributed by atoms with Crippen molar-refractivity contribution >= 4 is 46.5 Å². The molecule has 2 heterocycles. The summed E-state index contributed by atoms with van der Waals surface area (Å²) in [5.41, 5.74) is 5.19. The van der Waals surface area contributed by atoms with E-state index in [1.807, 2.05) is 72.6 Å². The third-order valence-corrected chi connectivity index (χ3v) is 7.72. The van der Waals surface area contributed by atoms with Crippen LogP contribution < -0.4 is 10.2 Å². The molecule has 1 atom stereocenters. The van der Waals surface area contributed by atoms with Gasteiger partial charge >= 0.3 is 6.03 Å². The number of anilines is 2. The lowest BCUT2D eigenvalue weighted by Gasteiger charge is -2.39. The van der Waals surface area contributed by atoms with Crippen molar-refractivity contribution in [1.82, 2.24) is 9.47 Å². The molecule has 1 N–H and O–H groups in total. The van der Waals surface area contributed by atoms with Gasteiger partial charge in [0.1, 0.15) is 12.6 Å². The van der Waals surface area contributed by atoms with Crippen LogP contribution in [0.25, 0.3) is 5.69 Å². The van der Waals surface area contributed by atoms with Gasteiger partial charge in [0.2, 0.25) is 5.91 Å². The van der Waals surface area contributed by atoms with Gasteiger partial charge < -0.3 is 14.8 Å². The molecule has 1 saturated carbocycles. The molecule has 0 radical (unpaired) electrons. The summed E-state index contributed by atoms with van der Waals surface area (Å²) in [5.74, 6) is -0.163. The summed E-state index contributed by atoms with van der Waals surface area (Å²) < 4.78 is 2.14. The molecule has 1 aliphatic heterocycles. The number of halogens is 2. The van der Waals surface area contributed by atoms with E-state index in [1.165, 1.54) is 0 Å². The zero-order valence-corrected chi connectivity index (χ0v) is 22.3. The summed E-state index contributed by atoms with van der Waals surface area (Å²) in [6, 6.07) is 24.5. The quantitative estimate of drug-likeness (QED) is 0.288. The Balaban J connectivity index is 1.37. The van der Waals surface area contributed by atoms with Gasteiger partial charge in [0, 0.05) is 12.2 Å². The molecule has 0 bridgehead atoms. The van der Waals surface area contributed by atoms with Gasteiger partial charge in [-0.3, -0.25) is 9.69 Å². The third kappa shape index (κ3) is 4.44. The number of benzene rings is 3. The minimum Gasteiger partial charge on any atom is -0.316 e. The first-order valence-electron chi connectivity index (χ1n) is 12.6. The van der Waals surface area contributed by atoms with Gasteiger partial charge in [0.25, 0.3) is 0 Å². The highest BCUT2D eigenvalue weighted by Crippen LogP contribution is 2.43. The average molecular weight is 545 g/mol. The summed E-state index contributed by atoms with van der Waals surface area (Å²) >= 11 is 12.6. The second-order valence-electron chi connectivity index (χ2n) is 9.76. The maximum atomic E-state index is 14.2. The molecule has 0 saturated heterocycles. The number of nitrogens with one attached hydrogen (secondary N) is 1. The van der Waals surface area contributed by atoms with E-state index in [4.69, 9.17) is 23.2 Å². The molecule has 6 rings (SSSR count). The van der Waals surface area contributed by atoms with E-state index in [0.717, 1.165) is 41.0 Å². The fourth-order valence-corrected chi connectivity index (χ4v) is 5.68. The van der Waals surface area contributed by atoms with Crippen LogP contribution in [0.15, 0.2) is 85.1 Å². The summed E-state index contributed by atoms with van der Waals surface area (Å²) in [5, 5.41) is 3.53. The molecular formula is C30H26Cl2N4O2. The number of rotatable bonds is 5. The molecule has 4 aromatic rings. The highest BCUT2D eigenvalue weighted by atomic mass is 35.5. The van der Waals surface area contributed by atoms with Crippen molar-refractivity contribution in [3.8, 4) is 5.69 Å². The van der Waals surface area contributed by atoms with E-state index in [2.05, 4.69) is 16.0 Å². The van der Waals surface area contributed by atoms with Crippen LogP contribution in [0.1, 0.15) is 35.7 Å². The third-order valence-electron chi connectivity index (χ3n) is 7.09. The van der Waals surface area contributed by atoms with Crippen LogP contribution in [0.5, 0.6) is 0 Å². The van der Waals surface area contributed by atoms with Crippen molar-refractivity contribution in [3.05, 3.63) is 112 Å². The summed E-state index contributed by atoms with van der Waals surface area (Å²) in [7, 11) is 0. The number of amides is 3. The maximum absolute atomic E-state index is 14.2. The number of aromatic nitrogens is 1. The Morgan fingerprint density at radius 2 is 1.63 bits per heavy atom. The van der Waals surface area contributed by atoms with E-state index >= 15 is 0 Å². The Labute approximate surface area is 231 Å². The zero-order valence-electron chi connectivity index (χ0n) is 20.8. The van der Waals surface area contributed by atoms with E-state index in [9.17, 15) is 9.59 Å². The Bertz CT molecular complexity index is 1520. The first-order valence-corrected chi connectivity index (χ1v) is 13.3. The number of carbonyl (C=O) groups excluding carboxylic acids is 2. The lowest BCUT2D eigenvalue weighted by Crippen LogP contribution is -2.48. The second-order valence-corrected chi connectivity index (χ2v) is 10.6. The van der Waals surface area contributed by atoms with Gasteiger partial charge in [-0.1, -0.05) is 71.2 Å². The van der Waals surface area contributed by atoms with E-state index in [1.54, 1.807) is 23.1 Å².